The smallest absolute Gasteiger partial charge is 0.0960 e. The van der Waals surface area contributed by atoms with Crippen LogP contribution in [0.15, 0.2) is 29.4 Å². The molecule has 1 heterocycles. The van der Waals surface area contributed by atoms with E-state index >= 15 is 0 Å². The van der Waals surface area contributed by atoms with Gasteiger partial charge in [0.2, 0.25) is 0 Å². The van der Waals surface area contributed by atoms with E-state index in [1.807, 2.05) is 18.2 Å². The molecule has 0 aliphatic rings. The highest BCUT2D eigenvalue weighted by atomic mass is 32.2. The van der Waals surface area contributed by atoms with Gasteiger partial charge in [-0.05, 0) is 19.1 Å². The van der Waals surface area contributed by atoms with Gasteiger partial charge in [-0.1, -0.05) is 6.07 Å². The predicted molar refractivity (Wildman–Crippen MR) is 46.6 cm³/mol. The monoisotopic (exact) mass is 169 g/mol. The highest BCUT2D eigenvalue weighted by Crippen LogP contribution is 2.14. The number of pyridine rings is 1. The molecule has 0 fully saturated rings. The summed E-state index contributed by atoms with van der Waals surface area (Å²) in [5.41, 5.74) is 0. The van der Waals surface area contributed by atoms with Gasteiger partial charge in [-0.3, -0.25) is 0 Å². The Hall–Kier alpha value is -0.540. The van der Waals surface area contributed by atoms with Crippen LogP contribution in [0.2, 0.25) is 0 Å². The van der Waals surface area contributed by atoms with E-state index < -0.39 is 0 Å². The van der Waals surface area contributed by atoms with E-state index in [2.05, 4.69) is 4.98 Å². The van der Waals surface area contributed by atoms with E-state index in [-0.39, 0.29) is 6.10 Å². The summed E-state index contributed by atoms with van der Waals surface area (Å²) in [6, 6.07) is 5.76. The lowest BCUT2D eigenvalue weighted by Gasteiger charge is -2.01. The number of hydrogen-bond donors (Lipinski definition) is 1. The summed E-state index contributed by atoms with van der Waals surface area (Å²) in [7, 11) is 0. The molecule has 0 aromatic carbocycles. The van der Waals surface area contributed by atoms with Crippen LogP contribution < -0.4 is 0 Å². The van der Waals surface area contributed by atoms with E-state index in [0.29, 0.717) is 5.75 Å². The van der Waals surface area contributed by atoms with Crippen molar-refractivity contribution in [2.45, 2.75) is 18.1 Å². The zero-order valence-electron chi connectivity index (χ0n) is 6.40. The number of hydrogen-bond acceptors (Lipinski definition) is 3. The van der Waals surface area contributed by atoms with Gasteiger partial charge in [0, 0.05) is 11.9 Å². The molecule has 3 heteroatoms. The summed E-state index contributed by atoms with van der Waals surface area (Å²) in [5.74, 6) is 0.705. The number of nitrogens with zero attached hydrogens (tertiary/aromatic N) is 1. The molecule has 0 radical (unpaired) electrons. The lowest BCUT2D eigenvalue weighted by Crippen LogP contribution is -2.02. The maximum absolute atomic E-state index is 8.97. The Morgan fingerprint density at radius 1 is 1.64 bits per heavy atom. The third-order valence-corrected chi connectivity index (χ3v) is 2.30. The molecule has 1 rings (SSSR count). The maximum Gasteiger partial charge on any atom is 0.0960 e. The van der Waals surface area contributed by atoms with Gasteiger partial charge in [-0.15, -0.1) is 11.8 Å². The molecule has 0 bridgehead atoms. The Morgan fingerprint density at radius 2 is 2.45 bits per heavy atom. The van der Waals surface area contributed by atoms with E-state index in [1.165, 1.54) is 0 Å². The standard InChI is InChI=1S/C8H11NOS/c1-7(10)6-11-8-4-2-3-5-9-8/h2-5,7,10H,6H2,1H3. The molecule has 1 aromatic rings. The molecule has 2 nitrogen and oxygen atoms in total. The van der Waals surface area contributed by atoms with E-state index in [4.69, 9.17) is 5.11 Å². The molecule has 1 aromatic heterocycles. The first-order valence-corrected chi connectivity index (χ1v) is 4.49. The minimum atomic E-state index is -0.262. The molecule has 0 saturated carbocycles. The number of aliphatic hydroxyl groups excluding tert-OH is 1. The first kappa shape index (κ1) is 8.56. The van der Waals surface area contributed by atoms with Crippen LogP contribution in [0.1, 0.15) is 6.92 Å². The molecule has 0 spiro atoms. The minimum absolute atomic E-state index is 0.262. The second kappa shape index (κ2) is 4.36. The van der Waals surface area contributed by atoms with Crippen molar-refractivity contribution in [3.8, 4) is 0 Å². The van der Waals surface area contributed by atoms with Crippen molar-refractivity contribution in [3.63, 3.8) is 0 Å². The molecule has 11 heavy (non-hydrogen) atoms. The van der Waals surface area contributed by atoms with Gasteiger partial charge in [-0.2, -0.15) is 0 Å². The fourth-order valence-corrected chi connectivity index (χ4v) is 1.36. The number of thioether (sulfide) groups is 1. The second-order valence-electron chi connectivity index (χ2n) is 2.33. The predicted octanol–water partition coefficient (Wildman–Crippen LogP) is 1.55. The zero-order valence-corrected chi connectivity index (χ0v) is 7.21. The van der Waals surface area contributed by atoms with Crippen molar-refractivity contribution in [2.24, 2.45) is 0 Å². The van der Waals surface area contributed by atoms with Crippen LogP contribution in [0.25, 0.3) is 0 Å². The molecule has 1 N–H and O–H groups in total. The average Bonchev–Trinajstić information content (AvgIpc) is 2.03. The first-order chi connectivity index (χ1) is 5.29. The topological polar surface area (TPSA) is 33.1 Å². The van der Waals surface area contributed by atoms with Gasteiger partial charge < -0.3 is 5.11 Å². The first-order valence-electron chi connectivity index (χ1n) is 3.51. The summed E-state index contributed by atoms with van der Waals surface area (Å²) < 4.78 is 0. The maximum atomic E-state index is 8.97. The molecule has 0 aliphatic heterocycles. The Bertz CT molecular complexity index is 201. The molecule has 1 unspecified atom stereocenters. The molecular weight excluding hydrogens is 158 g/mol. The Balaban J connectivity index is 2.39. The fraction of sp³-hybridized carbons (Fsp3) is 0.375. The van der Waals surface area contributed by atoms with Gasteiger partial charge in [-0.25, -0.2) is 4.98 Å². The van der Waals surface area contributed by atoms with Crippen LogP contribution in [0, 0.1) is 0 Å². The molecular formula is C8H11NOS. The van der Waals surface area contributed by atoms with E-state index in [1.54, 1.807) is 24.9 Å². The van der Waals surface area contributed by atoms with Crippen LogP contribution in [0.5, 0.6) is 0 Å². The molecule has 60 valence electrons. The Labute approximate surface area is 70.7 Å². The number of rotatable bonds is 3. The van der Waals surface area contributed by atoms with Crippen molar-refractivity contribution in [1.82, 2.24) is 4.98 Å². The van der Waals surface area contributed by atoms with Crippen LogP contribution in [0.3, 0.4) is 0 Å². The average molecular weight is 169 g/mol. The third-order valence-electron chi connectivity index (χ3n) is 1.11. The summed E-state index contributed by atoms with van der Waals surface area (Å²) in [4.78, 5) is 4.10. The normalized spacial score (nSPS) is 12.9. The lowest BCUT2D eigenvalue weighted by molar-refractivity contribution is 0.220. The van der Waals surface area contributed by atoms with E-state index in [0.717, 1.165) is 5.03 Å². The van der Waals surface area contributed by atoms with Crippen molar-refractivity contribution in [1.29, 1.82) is 0 Å². The highest BCUT2D eigenvalue weighted by molar-refractivity contribution is 7.99. The summed E-state index contributed by atoms with van der Waals surface area (Å²) in [6.07, 6.45) is 1.49. The van der Waals surface area contributed by atoms with Gasteiger partial charge in [0.1, 0.15) is 0 Å². The minimum Gasteiger partial charge on any atom is -0.393 e. The van der Waals surface area contributed by atoms with Crippen molar-refractivity contribution < 1.29 is 5.11 Å². The Kier molecular flexibility index (Phi) is 3.39. The lowest BCUT2D eigenvalue weighted by atomic mass is 10.5. The highest BCUT2D eigenvalue weighted by Gasteiger charge is 1.97. The zero-order chi connectivity index (χ0) is 8.10. The van der Waals surface area contributed by atoms with Crippen molar-refractivity contribution >= 4 is 11.8 Å². The Morgan fingerprint density at radius 3 is 3.00 bits per heavy atom. The quantitative estimate of drug-likeness (QED) is 0.697. The number of aliphatic hydroxyl groups is 1. The van der Waals surface area contributed by atoms with Crippen molar-refractivity contribution in [3.05, 3.63) is 24.4 Å². The van der Waals surface area contributed by atoms with Gasteiger partial charge in [0.25, 0.3) is 0 Å². The summed E-state index contributed by atoms with van der Waals surface area (Å²) >= 11 is 1.57. The van der Waals surface area contributed by atoms with Gasteiger partial charge in [0.15, 0.2) is 0 Å². The van der Waals surface area contributed by atoms with Crippen LogP contribution in [0.4, 0.5) is 0 Å². The number of aromatic nitrogens is 1. The summed E-state index contributed by atoms with van der Waals surface area (Å²) in [5, 5.41) is 9.93. The largest absolute Gasteiger partial charge is 0.393 e. The third kappa shape index (κ3) is 3.39. The SMILES string of the molecule is CC(O)CSc1ccccn1. The molecule has 0 aliphatic carbocycles. The van der Waals surface area contributed by atoms with E-state index in [9.17, 15) is 0 Å². The second-order valence-corrected chi connectivity index (χ2v) is 3.37. The van der Waals surface area contributed by atoms with Crippen LogP contribution in [-0.4, -0.2) is 21.9 Å². The summed E-state index contributed by atoms with van der Waals surface area (Å²) in [6.45, 7) is 1.77. The molecule has 1 atom stereocenters. The molecule has 0 saturated heterocycles. The molecule has 0 amide bonds. The van der Waals surface area contributed by atoms with Crippen LogP contribution >= 0.6 is 11.8 Å². The van der Waals surface area contributed by atoms with Crippen LogP contribution in [-0.2, 0) is 0 Å². The fourth-order valence-electron chi connectivity index (χ4n) is 0.638. The van der Waals surface area contributed by atoms with Gasteiger partial charge in [0.05, 0.1) is 11.1 Å². The van der Waals surface area contributed by atoms with Gasteiger partial charge >= 0.3 is 0 Å². The van der Waals surface area contributed by atoms with Crippen molar-refractivity contribution in [2.75, 3.05) is 5.75 Å².